The summed E-state index contributed by atoms with van der Waals surface area (Å²) in [6, 6.07) is 2.14. The molecule has 0 saturated carbocycles. The molecule has 2 aliphatic rings. The Morgan fingerprint density at radius 3 is 3.04 bits per heavy atom. The molecule has 0 aliphatic carbocycles. The summed E-state index contributed by atoms with van der Waals surface area (Å²) in [4.78, 5) is 3.70. The van der Waals surface area contributed by atoms with Crippen LogP contribution in [0.4, 0.5) is 0 Å². The number of nitrogens with two attached hydrogens (primary N) is 1. The molecule has 0 bridgehead atoms. The average molecular weight is 319 g/mol. The van der Waals surface area contributed by atoms with Crippen molar-refractivity contribution in [1.82, 2.24) is 5.01 Å². The summed E-state index contributed by atoms with van der Waals surface area (Å²) in [6.45, 7) is 7.84. The molecule has 2 aliphatic heterocycles. The Bertz CT molecular complexity index is 605. The van der Waals surface area contributed by atoms with E-state index in [2.05, 4.69) is 22.7 Å². The molecule has 2 atom stereocenters. The monoisotopic (exact) mass is 319 g/mol. The summed E-state index contributed by atoms with van der Waals surface area (Å²) in [5.74, 6) is -0.485. The Balaban J connectivity index is 2.26. The zero-order valence-corrected chi connectivity index (χ0v) is 13.3. The van der Waals surface area contributed by atoms with E-state index in [0.717, 1.165) is 0 Å². The third-order valence-electron chi connectivity index (χ3n) is 3.46. The van der Waals surface area contributed by atoms with Crippen LogP contribution < -0.4 is 5.73 Å². The summed E-state index contributed by atoms with van der Waals surface area (Å²) >= 11 is 0. The lowest BCUT2D eigenvalue weighted by atomic mass is 10.1. The molecule has 0 aromatic carbocycles. The largest absolute Gasteiger partial charge is 0.492 e. The molecular weight excluding hydrogens is 298 g/mol. The van der Waals surface area contributed by atoms with Crippen molar-refractivity contribution in [2.24, 2.45) is 15.8 Å². The lowest BCUT2D eigenvalue weighted by Gasteiger charge is -2.35. The van der Waals surface area contributed by atoms with Crippen molar-refractivity contribution in [3.8, 4) is 6.07 Å². The zero-order valence-electron chi connectivity index (χ0n) is 13.3. The van der Waals surface area contributed by atoms with Gasteiger partial charge < -0.3 is 20.3 Å². The van der Waals surface area contributed by atoms with Gasteiger partial charge >= 0.3 is 0 Å². The van der Waals surface area contributed by atoms with Gasteiger partial charge in [0.15, 0.2) is 0 Å². The molecule has 0 radical (unpaired) electrons. The van der Waals surface area contributed by atoms with Gasteiger partial charge in [0, 0.05) is 6.42 Å². The zero-order chi connectivity index (χ0) is 17.0. The molecule has 1 saturated heterocycles. The van der Waals surface area contributed by atoms with Crippen molar-refractivity contribution < 1.29 is 14.6 Å². The van der Waals surface area contributed by atoms with Gasteiger partial charge in [0.05, 0.1) is 18.8 Å². The fraction of sp³-hybridized carbons (Fsp3) is 0.533. The van der Waals surface area contributed by atoms with E-state index >= 15 is 0 Å². The third kappa shape index (κ3) is 3.52. The fourth-order valence-corrected chi connectivity index (χ4v) is 2.42. The van der Waals surface area contributed by atoms with Gasteiger partial charge in [0.25, 0.3) is 5.72 Å². The lowest BCUT2D eigenvalue weighted by Crippen LogP contribution is -2.48. The quantitative estimate of drug-likeness (QED) is 0.790. The standard InChI is InChI=1S/C15H21N5O3/c1-4-5-12-13(21)18-14(17)19-20(12)15(9-16)7-6-11(23-15)8-22-10(2)3/h4-5,10-11H,1,6-8H2,2-3H3,(H3,17,18,19,21)/b12-5-/t11-,15-/m0/s1. The van der Waals surface area contributed by atoms with E-state index in [1.165, 1.54) is 17.2 Å². The first-order valence-electron chi connectivity index (χ1n) is 7.37. The van der Waals surface area contributed by atoms with Crippen LogP contribution in [0.25, 0.3) is 0 Å². The molecule has 0 spiro atoms. The number of allylic oxidation sites excluding steroid dienone is 2. The summed E-state index contributed by atoms with van der Waals surface area (Å²) < 4.78 is 11.4. The van der Waals surface area contributed by atoms with Crippen LogP contribution in [0.15, 0.2) is 34.5 Å². The summed E-state index contributed by atoms with van der Waals surface area (Å²) in [5.41, 5.74) is 4.45. The van der Waals surface area contributed by atoms with Crippen LogP contribution >= 0.6 is 0 Å². The van der Waals surface area contributed by atoms with Gasteiger partial charge in [-0.25, -0.2) is 5.01 Å². The molecule has 3 N–H and O–H groups in total. The maximum Gasteiger partial charge on any atom is 0.250 e. The first-order valence-corrected chi connectivity index (χ1v) is 7.37. The topological polar surface area (TPSA) is 116 Å². The van der Waals surface area contributed by atoms with Gasteiger partial charge in [-0.1, -0.05) is 12.7 Å². The smallest absolute Gasteiger partial charge is 0.250 e. The number of aliphatic hydroxyl groups excluding tert-OH is 1. The highest BCUT2D eigenvalue weighted by atomic mass is 16.6. The van der Waals surface area contributed by atoms with Crippen LogP contribution in [0.5, 0.6) is 0 Å². The van der Waals surface area contributed by atoms with Crippen LogP contribution in [-0.4, -0.2) is 46.5 Å². The number of aliphatic hydroxyl groups is 1. The number of nitrogens with zero attached hydrogens (tertiary/aromatic N) is 4. The highest BCUT2D eigenvalue weighted by Crippen LogP contribution is 2.37. The van der Waals surface area contributed by atoms with E-state index in [-0.39, 0.29) is 29.8 Å². The third-order valence-corrected chi connectivity index (χ3v) is 3.46. The lowest BCUT2D eigenvalue weighted by molar-refractivity contribution is -0.115. The molecule has 1 fully saturated rings. The molecule has 0 amide bonds. The van der Waals surface area contributed by atoms with E-state index in [4.69, 9.17) is 15.2 Å². The molecule has 23 heavy (non-hydrogen) atoms. The SMILES string of the molecule is C=C/C=C1/C(O)=NC(N)=NN1[C@@]1(C#N)CC[C@@H](COC(C)C)O1. The number of hydrogen-bond acceptors (Lipinski definition) is 7. The maximum absolute atomic E-state index is 10.00. The van der Waals surface area contributed by atoms with Gasteiger partial charge in [-0.3, -0.25) is 0 Å². The first-order chi connectivity index (χ1) is 10.9. The first kappa shape index (κ1) is 17.0. The number of aliphatic imine (C=N–C) groups is 1. The minimum atomic E-state index is -1.37. The highest BCUT2D eigenvalue weighted by Gasteiger charge is 2.49. The predicted octanol–water partition coefficient (Wildman–Crippen LogP) is 1.38. The number of nitriles is 1. The van der Waals surface area contributed by atoms with Crippen LogP contribution in [0.1, 0.15) is 26.7 Å². The van der Waals surface area contributed by atoms with Crippen LogP contribution in [0.3, 0.4) is 0 Å². The molecule has 2 rings (SSSR count). The number of guanidine groups is 1. The van der Waals surface area contributed by atoms with E-state index < -0.39 is 5.72 Å². The maximum atomic E-state index is 10.00. The van der Waals surface area contributed by atoms with Gasteiger partial charge in [-0.05, 0) is 26.3 Å². The van der Waals surface area contributed by atoms with Gasteiger partial charge in [0.2, 0.25) is 11.9 Å². The van der Waals surface area contributed by atoms with E-state index in [1.54, 1.807) is 0 Å². The Morgan fingerprint density at radius 2 is 2.43 bits per heavy atom. The van der Waals surface area contributed by atoms with Gasteiger partial charge in [-0.2, -0.15) is 10.3 Å². The second kappa shape index (κ2) is 6.81. The van der Waals surface area contributed by atoms with E-state index in [9.17, 15) is 10.4 Å². The van der Waals surface area contributed by atoms with E-state index in [0.29, 0.717) is 19.4 Å². The van der Waals surface area contributed by atoms with Gasteiger partial charge in [0.1, 0.15) is 11.8 Å². The highest BCUT2D eigenvalue weighted by molar-refractivity contribution is 6.02. The van der Waals surface area contributed by atoms with E-state index in [1.807, 2.05) is 13.8 Å². The van der Waals surface area contributed by atoms with Crippen LogP contribution in [0.2, 0.25) is 0 Å². The number of hydrogen-bond donors (Lipinski definition) is 2. The summed E-state index contributed by atoms with van der Waals surface area (Å²) in [7, 11) is 0. The molecule has 0 unspecified atom stereocenters. The Hall–Kier alpha value is -2.37. The molecule has 124 valence electrons. The Labute approximate surface area is 135 Å². The minimum Gasteiger partial charge on any atom is -0.492 e. The molecule has 2 heterocycles. The predicted molar refractivity (Wildman–Crippen MR) is 85.3 cm³/mol. The molecule has 0 aromatic heterocycles. The Kier molecular flexibility index (Phi) is 5.03. The minimum absolute atomic E-state index is 0.0757. The van der Waals surface area contributed by atoms with Crippen molar-refractivity contribution in [2.45, 2.75) is 44.6 Å². The number of hydrazone groups is 1. The van der Waals surface area contributed by atoms with Crippen molar-refractivity contribution in [1.29, 1.82) is 5.26 Å². The second-order valence-electron chi connectivity index (χ2n) is 5.55. The summed E-state index contributed by atoms with van der Waals surface area (Å²) in [5, 5.41) is 25.0. The van der Waals surface area contributed by atoms with Crippen molar-refractivity contribution in [2.75, 3.05) is 6.61 Å². The van der Waals surface area contributed by atoms with Crippen molar-refractivity contribution in [3.05, 3.63) is 24.4 Å². The van der Waals surface area contributed by atoms with Crippen molar-refractivity contribution in [3.63, 3.8) is 0 Å². The molecule has 8 heteroatoms. The number of rotatable bonds is 5. The Morgan fingerprint density at radius 1 is 1.70 bits per heavy atom. The number of ether oxygens (including phenoxy) is 2. The van der Waals surface area contributed by atoms with Crippen LogP contribution in [0, 0.1) is 11.3 Å². The molecule has 8 nitrogen and oxygen atoms in total. The van der Waals surface area contributed by atoms with Gasteiger partial charge in [-0.15, -0.1) is 5.10 Å². The van der Waals surface area contributed by atoms with Crippen molar-refractivity contribution >= 4 is 11.9 Å². The summed E-state index contributed by atoms with van der Waals surface area (Å²) in [6.07, 6.45) is 3.82. The molecular formula is C15H21N5O3. The fourth-order valence-electron chi connectivity index (χ4n) is 2.42. The molecule has 0 aromatic rings. The van der Waals surface area contributed by atoms with Crippen LogP contribution in [-0.2, 0) is 9.47 Å². The normalized spacial score (nSPS) is 29.4. The average Bonchev–Trinajstić information content (AvgIpc) is 2.92. The second-order valence-corrected chi connectivity index (χ2v) is 5.55.